The molecule has 9 heteroatoms. The Morgan fingerprint density at radius 3 is 2.50 bits per heavy atom. The second-order valence-corrected chi connectivity index (χ2v) is 9.37. The van der Waals surface area contributed by atoms with E-state index in [-0.39, 0.29) is 34.5 Å². The Labute approximate surface area is 214 Å². The zero-order chi connectivity index (χ0) is 25.8. The Balaban J connectivity index is 1.51. The third kappa shape index (κ3) is 5.14. The van der Waals surface area contributed by atoms with Crippen molar-refractivity contribution in [3.63, 3.8) is 0 Å². The number of nitrogens with one attached hydrogen (secondary N) is 1. The van der Waals surface area contributed by atoms with Gasteiger partial charge in [-0.1, -0.05) is 37.6 Å². The summed E-state index contributed by atoms with van der Waals surface area (Å²) in [5.41, 5.74) is 1.12. The third-order valence-electron chi connectivity index (χ3n) is 6.17. The van der Waals surface area contributed by atoms with E-state index < -0.39 is 17.8 Å². The number of piperidine rings is 1. The predicted molar refractivity (Wildman–Crippen MR) is 137 cm³/mol. The summed E-state index contributed by atoms with van der Waals surface area (Å²) in [5.74, 6) is -1.62. The summed E-state index contributed by atoms with van der Waals surface area (Å²) in [6, 6.07) is 12.9. The number of anilines is 2. The molecule has 2 aliphatic heterocycles. The molecule has 8 nitrogen and oxygen atoms in total. The molecular weight excluding hydrogens is 482 g/mol. The molecule has 0 aliphatic carbocycles. The van der Waals surface area contributed by atoms with Gasteiger partial charge in [0, 0.05) is 24.3 Å². The highest BCUT2D eigenvalue weighted by Gasteiger charge is 2.40. The van der Waals surface area contributed by atoms with Crippen molar-refractivity contribution in [2.75, 3.05) is 29.9 Å². The molecule has 1 unspecified atom stereocenters. The van der Waals surface area contributed by atoms with Crippen LogP contribution >= 0.6 is 11.6 Å². The Hall–Kier alpha value is -3.65. The molecule has 2 heterocycles. The Kier molecular flexibility index (Phi) is 7.74. The molecule has 1 fully saturated rings. The number of para-hydroxylation sites is 1. The average Bonchev–Trinajstić information content (AvgIpc) is 3.10. The van der Waals surface area contributed by atoms with Crippen molar-refractivity contribution in [3.8, 4) is 0 Å². The van der Waals surface area contributed by atoms with Gasteiger partial charge in [0.05, 0.1) is 17.9 Å². The molecule has 3 amide bonds. The summed E-state index contributed by atoms with van der Waals surface area (Å²) < 4.78 is 5.20. The van der Waals surface area contributed by atoms with E-state index in [0.717, 1.165) is 30.8 Å². The van der Waals surface area contributed by atoms with E-state index in [1.54, 1.807) is 36.4 Å². The molecule has 1 atom stereocenters. The van der Waals surface area contributed by atoms with Crippen molar-refractivity contribution in [2.24, 2.45) is 5.92 Å². The number of halogens is 1. The van der Waals surface area contributed by atoms with Gasteiger partial charge < -0.3 is 15.0 Å². The van der Waals surface area contributed by atoms with Crippen LogP contribution in [0, 0.1) is 5.92 Å². The van der Waals surface area contributed by atoms with Gasteiger partial charge in [0.25, 0.3) is 17.7 Å². The number of benzene rings is 2. The van der Waals surface area contributed by atoms with E-state index in [4.69, 9.17) is 16.3 Å². The number of hydrogen-bond acceptors (Lipinski definition) is 6. The van der Waals surface area contributed by atoms with Crippen LogP contribution in [0.3, 0.4) is 0 Å². The number of imide groups is 1. The molecular formula is C27H28ClN3O5. The van der Waals surface area contributed by atoms with Gasteiger partial charge in [-0.2, -0.15) is 0 Å². The summed E-state index contributed by atoms with van der Waals surface area (Å²) in [5, 5.41) is 2.61. The van der Waals surface area contributed by atoms with Crippen LogP contribution in [0.1, 0.15) is 53.8 Å². The minimum atomic E-state index is -0.745. The molecule has 0 radical (unpaired) electrons. The summed E-state index contributed by atoms with van der Waals surface area (Å²) in [7, 11) is 0. The number of esters is 1. The average molecular weight is 510 g/mol. The summed E-state index contributed by atoms with van der Waals surface area (Å²) >= 11 is 6.26. The Morgan fingerprint density at radius 1 is 1.08 bits per heavy atom. The van der Waals surface area contributed by atoms with Crippen LogP contribution in [0.5, 0.6) is 0 Å². The van der Waals surface area contributed by atoms with Crippen molar-refractivity contribution in [2.45, 2.75) is 33.1 Å². The lowest BCUT2D eigenvalue weighted by molar-refractivity contribution is -0.120. The molecule has 2 aromatic rings. The highest BCUT2D eigenvalue weighted by molar-refractivity contribution is 6.53. The molecule has 1 saturated heterocycles. The maximum absolute atomic E-state index is 13.2. The molecule has 1 N–H and O–H groups in total. The third-order valence-corrected chi connectivity index (χ3v) is 6.53. The second kappa shape index (κ2) is 11.0. The maximum Gasteiger partial charge on any atom is 0.340 e. The minimum Gasteiger partial charge on any atom is -0.462 e. The summed E-state index contributed by atoms with van der Waals surface area (Å²) in [6.45, 7) is 5.70. The molecule has 0 spiro atoms. The van der Waals surface area contributed by atoms with Gasteiger partial charge in [0.15, 0.2) is 0 Å². The number of hydrogen-bond donors (Lipinski definition) is 1. The number of carbonyl (C=O) groups is 4. The van der Waals surface area contributed by atoms with Crippen molar-refractivity contribution in [1.29, 1.82) is 0 Å². The minimum absolute atomic E-state index is 0.0322. The SMILES string of the molecule is CCCOC(=O)c1ccccc1N1C(=O)C(Cl)=C(Nc2ccc(C(=O)N3CCCC(C)C3)cc2)C1=O. The number of carbonyl (C=O) groups excluding carboxylic acids is 4. The molecule has 2 aliphatic rings. The highest BCUT2D eigenvalue weighted by atomic mass is 35.5. The largest absolute Gasteiger partial charge is 0.462 e. The van der Waals surface area contributed by atoms with E-state index in [1.165, 1.54) is 12.1 Å². The van der Waals surface area contributed by atoms with Crippen LogP contribution in [0.2, 0.25) is 0 Å². The van der Waals surface area contributed by atoms with Crippen molar-refractivity contribution in [1.82, 2.24) is 4.90 Å². The monoisotopic (exact) mass is 509 g/mol. The van der Waals surface area contributed by atoms with Gasteiger partial charge in [-0.05, 0) is 61.6 Å². The smallest absolute Gasteiger partial charge is 0.340 e. The standard InChI is InChI=1S/C27H28ClN3O5/c1-3-15-36-27(35)20-8-4-5-9-21(20)31-25(33)22(28)23(26(31)34)29-19-12-10-18(11-13-19)24(32)30-14-6-7-17(2)16-30/h4-5,8-13,17,29H,3,6-7,14-16H2,1-2H3. The lowest BCUT2D eigenvalue weighted by Gasteiger charge is -2.31. The fourth-order valence-corrected chi connectivity index (χ4v) is 4.55. The zero-order valence-electron chi connectivity index (χ0n) is 20.3. The molecule has 36 heavy (non-hydrogen) atoms. The van der Waals surface area contributed by atoms with Crippen LogP contribution in [0.4, 0.5) is 11.4 Å². The van der Waals surface area contributed by atoms with Crippen LogP contribution in [0.25, 0.3) is 0 Å². The fraction of sp³-hybridized carbons (Fsp3) is 0.333. The lowest BCUT2D eigenvalue weighted by Crippen LogP contribution is -2.39. The van der Waals surface area contributed by atoms with Gasteiger partial charge >= 0.3 is 5.97 Å². The van der Waals surface area contributed by atoms with Gasteiger partial charge in [0.1, 0.15) is 10.7 Å². The predicted octanol–water partition coefficient (Wildman–Crippen LogP) is 4.56. The molecule has 188 valence electrons. The van der Waals surface area contributed by atoms with Gasteiger partial charge in [-0.15, -0.1) is 0 Å². The Morgan fingerprint density at radius 2 is 1.81 bits per heavy atom. The van der Waals surface area contributed by atoms with Crippen molar-refractivity contribution < 1.29 is 23.9 Å². The first kappa shape index (κ1) is 25.4. The molecule has 2 aromatic carbocycles. The number of nitrogens with zero attached hydrogens (tertiary/aromatic N) is 2. The first-order valence-electron chi connectivity index (χ1n) is 12.0. The normalized spacial score (nSPS) is 18.0. The van der Waals surface area contributed by atoms with E-state index in [0.29, 0.717) is 23.6 Å². The molecule has 0 aromatic heterocycles. The first-order chi connectivity index (χ1) is 17.3. The van der Waals surface area contributed by atoms with E-state index in [1.807, 2.05) is 11.8 Å². The molecule has 4 rings (SSSR count). The van der Waals surface area contributed by atoms with Gasteiger partial charge in [-0.3, -0.25) is 14.4 Å². The van der Waals surface area contributed by atoms with E-state index >= 15 is 0 Å². The quantitative estimate of drug-likeness (QED) is 0.434. The second-order valence-electron chi connectivity index (χ2n) is 8.99. The van der Waals surface area contributed by atoms with Crippen molar-refractivity contribution in [3.05, 3.63) is 70.4 Å². The van der Waals surface area contributed by atoms with Gasteiger partial charge in [-0.25, -0.2) is 9.69 Å². The lowest BCUT2D eigenvalue weighted by atomic mass is 9.99. The molecule has 0 bridgehead atoms. The highest BCUT2D eigenvalue weighted by Crippen LogP contribution is 2.32. The van der Waals surface area contributed by atoms with Crippen LogP contribution in [-0.2, 0) is 14.3 Å². The first-order valence-corrected chi connectivity index (χ1v) is 12.4. The van der Waals surface area contributed by atoms with Crippen molar-refractivity contribution >= 4 is 46.7 Å². The van der Waals surface area contributed by atoms with Crippen LogP contribution in [0.15, 0.2) is 59.3 Å². The maximum atomic E-state index is 13.2. The Bertz CT molecular complexity index is 1220. The number of ether oxygens (including phenoxy) is 1. The fourth-order valence-electron chi connectivity index (χ4n) is 4.34. The van der Waals surface area contributed by atoms with E-state index in [9.17, 15) is 19.2 Å². The van der Waals surface area contributed by atoms with Crippen LogP contribution in [-0.4, -0.2) is 48.3 Å². The van der Waals surface area contributed by atoms with E-state index in [2.05, 4.69) is 12.2 Å². The number of rotatable bonds is 7. The number of likely N-dealkylation sites (tertiary alicyclic amines) is 1. The van der Waals surface area contributed by atoms with Gasteiger partial charge in [0.2, 0.25) is 0 Å². The summed E-state index contributed by atoms with van der Waals surface area (Å²) in [6.07, 6.45) is 2.75. The topological polar surface area (TPSA) is 96.0 Å². The molecule has 0 saturated carbocycles. The van der Waals surface area contributed by atoms with Crippen LogP contribution < -0.4 is 10.2 Å². The summed E-state index contributed by atoms with van der Waals surface area (Å²) in [4.78, 5) is 54.2. The zero-order valence-corrected chi connectivity index (χ0v) is 21.0. The number of amides is 3.